The van der Waals surface area contributed by atoms with Gasteiger partial charge in [0.25, 0.3) is 0 Å². The summed E-state index contributed by atoms with van der Waals surface area (Å²) < 4.78 is 1.42. The zero-order valence-electron chi connectivity index (χ0n) is 18.0. The Labute approximate surface area is 186 Å². The SMILES string of the molecule is CNC(=O)C1CC(O)CN1C(=O)C(n1cc(C(O)c2ccc(Cl)cc2)nn1)C(C)(C)C. The smallest absolute Gasteiger partial charge is 0.248 e. The van der Waals surface area contributed by atoms with Crippen LogP contribution in [0.15, 0.2) is 30.5 Å². The van der Waals surface area contributed by atoms with Crippen molar-refractivity contribution in [2.45, 2.75) is 51.5 Å². The molecule has 1 aliphatic rings. The molecule has 0 spiro atoms. The van der Waals surface area contributed by atoms with Gasteiger partial charge in [0.2, 0.25) is 11.8 Å². The van der Waals surface area contributed by atoms with Gasteiger partial charge in [-0.2, -0.15) is 0 Å². The zero-order valence-corrected chi connectivity index (χ0v) is 18.7. The Morgan fingerprint density at radius 2 is 1.90 bits per heavy atom. The normalized spacial score (nSPS) is 21.1. The summed E-state index contributed by atoms with van der Waals surface area (Å²) in [6.07, 6.45) is -0.0897. The lowest BCUT2D eigenvalue weighted by molar-refractivity contribution is -0.144. The van der Waals surface area contributed by atoms with E-state index in [0.29, 0.717) is 10.6 Å². The zero-order chi connectivity index (χ0) is 22.9. The largest absolute Gasteiger partial charge is 0.391 e. The van der Waals surface area contributed by atoms with E-state index in [1.165, 1.54) is 22.8 Å². The summed E-state index contributed by atoms with van der Waals surface area (Å²) >= 11 is 5.91. The first-order valence-corrected chi connectivity index (χ1v) is 10.5. The average molecular weight is 450 g/mol. The van der Waals surface area contributed by atoms with Crippen LogP contribution in [0.4, 0.5) is 0 Å². The maximum Gasteiger partial charge on any atom is 0.248 e. The monoisotopic (exact) mass is 449 g/mol. The highest BCUT2D eigenvalue weighted by molar-refractivity contribution is 6.30. The molecule has 1 saturated heterocycles. The fourth-order valence-electron chi connectivity index (χ4n) is 3.87. The number of likely N-dealkylation sites (N-methyl/N-ethyl adjacent to an activating group) is 1. The fourth-order valence-corrected chi connectivity index (χ4v) is 3.99. The second kappa shape index (κ2) is 8.94. The van der Waals surface area contributed by atoms with E-state index in [1.54, 1.807) is 24.3 Å². The van der Waals surface area contributed by atoms with E-state index < -0.39 is 29.7 Å². The van der Waals surface area contributed by atoms with Crippen LogP contribution in [0.25, 0.3) is 0 Å². The number of carbonyl (C=O) groups is 2. The van der Waals surface area contributed by atoms with Crippen molar-refractivity contribution in [2.75, 3.05) is 13.6 Å². The number of β-amino-alcohol motifs (C(OH)–C–C–N with tert-alkyl or cyclic N) is 1. The maximum atomic E-state index is 13.5. The molecule has 4 unspecified atom stereocenters. The minimum atomic E-state index is -1.03. The van der Waals surface area contributed by atoms with Gasteiger partial charge in [-0.25, -0.2) is 4.68 Å². The van der Waals surface area contributed by atoms with Gasteiger partial charge >= 0.3 is 0 Å². The van der Waals surface area contributed by atoms with Crippen molar-refractivity contribution in [1.82, 2.24) is 25.2 Å². The van der Waals surface area contributed by atoms with Crippen LogP contribution in [0.5, 0.6) is 0 Å². The van der Waals surface area contributed by atoms with Crippen molar-refractivity contribution in [3.8, 4) is 0 Å². The number of hydrogen-bond acceptors (Lipinski definition) is 6. The van der Waals surface area contributed by atoms with Crippen molar-refractivity contribution in [2.24, 2.45) is 5.41 Å². The van der Waals surface area contributed by atoms with Gasteiger partial charge < -0.3 is 20.4 Å². The number of likely N-dealkylation sites (tertiary alicyclic amines) is 1. The Morgan fingerprint density at radius 1 is 1.26 bits per heavy atom. The molecule has 2 aromatic rings. The number of aliphatic hydroxyl groups excluding tert-OH is 2. The first kappa shape index (κ1) is 23.2. The van der Waals surface area contributed by atoms with Crippen LogP contribution in [0, 0.1) is 5.41 Å². The Bertz CT molecular complexity index is 940. The van der Waals surface area contributed by atoms with Crippen LogP contribution in [-0.2, 0) is 9.59 Å². The number of carbonyl (C=O) groups excluding carboxylic acids is 2. The summed E-state index contributed by atoms with van der Waals surface area (Å²) in [4.78, 5) is 27.2. The Kier molecular flexibility index (Phi) is 6.68. The van der Waals surface area contributed by atoms with E-state index in [-0.39, 0.29) is 30.5 Å². The third kappa shape index (κ3) is 4.89. The van der Waals surface area contributed by atoms with Gasteiger partial charge in [0.1, 0.15) is 23.9 Å². The van der Waals surface area contributed by atoms with E-state index in [0.717, 1.165) is 0 Å². The van der Waals surface area contributed by atoms with Crippen LogP contribution in [0.3, 0.4) is 0 Å². The lowest BCUT2D eigenvalue weighted by Crippen LogP contribution is -2.49. The number of nitrogens with zero attached hydrogens (tertiary/aromatic N) is 4. The molecule has 0 radical (unpaired) electrons. The maximum absolute atomic E-state index is 13.5. The van der Waals surface area contributed by atoms with Crippen molar-refractivity contribution in [3.05, 3.63) is 46.7 Å². The third-order valence-corrected chi connectivity index (χ3v) is 5.68. The third-order valence-electron chi connectivity index (χ3n) is 5.42. The van der Waals surface area contributed by atoms with E-state index in [4.69, 9.17) is 11.6 Å². The van der Waals surface area contributed by atoms with Crippen molar-refractivity contribution < 1.29 is 19.8 Å². The van der Waals surface area contributed by atoms with Gasteiger partial charge in [0.05, 0.1) is 12.3 Å². The molecule has 10 heteroatoms. The molecule has 3 N–H and O–H groups in total. The van der Waals surface area contributed by atoms with E-state index in [1.807, 2.05) is 20.8 Å². The number of hydrogen-bond donors (Lipinski definition) is 3. The lowest BCUT2D eigenvalue weighted by Gasteiger charge is -2.34. The summed E-state index contributed by atoms with van der Waals surface area (Å²) in [6, 6.07) is 5.19. The number of nitrogens with one attached hydrogen (secondary N) is 1. The number of benzene rings is 1. The molecule has 2 heterocycles. The van der Waals surface area contributed by atoms with E-state index in [2.05, 4.69) is 15.6 Å². The highest BCUT2D eigenvalue weighted by Gasteiger charge is 2.45. The molecule has 1 aromatic carbocycles. The summed E-state index contributed by atoms with van der Waals surface area (Å²) in [5.41, 5.74) is 0.305. The van der Waals surface area contributed by atoms with Crippen LogP contribution < -0.4 is 5.32 Å². The van der Waals surface area contributed by atoms with Crippen molar-refractivity contribution in [3.63, 3.8) is 0 Å². The van der Waals surface area contributed by atoms with Gasteiger partial charge in [0.15, 0.2) is 0 Å². The summed E-state index contributed by atoms with van der Waals surface area (Å²) in [6.45, 7) is 5.72. The second-order valence-corrected chi connectivity index (χ2v) is 9.29. The fraction of sp³-hybridized carbons (Fsp3) is 0.524. The number of halogens is 1. The molecule has 1 aromatic heterocycles. The molecule has 0 bridgehead atoms. The number of amides is 2. The quantitative estimate of drug-likeness (QED) is 0.632. The Balaban J connectivity index is 1.91. The minimum Gasteiger partial charge on any atom is -0.391 e. The molecule has 2 amide bonds. The second-order valence-electron chi connectivity index (χ2n) is 8.86. The molecule has 31 heavy (non-hydrogen) atoms. The van der Waals surface area contributed by atoms with Crippen molar-refractivity contribution >= 4 is 23.4 Å². The molecule has 1 aliphatic heterocycles. The molecule has 9 nitrogen and oxygen atoms in total. The molecule has 4 atom stereocenters. The van der Waals surface area contributed by atoms with Gasteiger partial charge in [0, 0.05) is 25.0 Å². The highest BCUT2D eigenvalue weighted by Crippen LogP contribution is 2.35. The number of aromatic nitrogens is 3. The molecule has 0 saturated carbocycles. The topological polar surface area (TPSA) is 121 Å². The Hall–Kier alpha value is -2.49. The first-order chi connectivity index (χ1) is 14.5. The molecule has 0 aliphatic carbocycles. The van der Waals surface area contributed by atoms with Gasteiger partial charge in [-0.05, 0) is 23.1 Å². The van der Waals surface area contributed by atoms with Gasteiger partial charge in [-0.3, -0.25) is 9.59 Å². The summed E-state index contributed by atoms with van der Waals surface area (Å²) in [5, 5.41) is 32.1. The number of aliphatic hydroxyl groups is 2. The summed E-state index contributed by atoms with van der Waals surface area (Å²) in [5.74, 6) is -0.662. The molecule has 168 valence electrons. The van der Waals surface area contributed by atoms with Crippen molar-refractivity contribution in [1.29, 1.82) is 0 Å². The first-order valence-electron chi connectivity index (χ1n) is 10.1. The lowest BCUT2D eigenvalue weighted by atomic mass is 9.85. The predicted octanol–water partition coefficient (Wildman–Crippen LogP) is 1.31. The minimum absolute atomic E-state index is 0.0679. The molecule has 3 rings (SSSR count). The molecular formula is C21H28ClN5O4. The van der Waals surface area contributed by atoms with Crippen LogP contribution in [0.2, 0.25) is 5.02 Å². The molecule has 1 fully saturated rings. The highest BCUT2D eigenvalue weighted by atomic mass is 35.5. The van der Waals surface area contributed by atoms with Crippen LogP contribution in [-0.4, -0.2) is 67.7 Å². The standard InChI is InChI=1S/C21H28ClN5O4/c1-21(2,3)18(20(31)26-10-14(28)9-16(26)19(30)23-4)27-11-15(24-25-27)17(29)12-5-7-13(22)8-6-12/h5-8,11,14,16-18,28-29H,9-10H2,1-4H3,(H,23,30). The van der Waals surface area contributed by atoms with Gasteiger partial charge in [-0.1, -0.05) is 49.7 Å². The Morgan fingerprint density at radius 3 is 2.48 bits per heavy atom. The molecular weight excluding hydrogens is 422 g/mol. The summed E-state index contributed by atoms with van der Waals surface area (Å²) in [7, 11) is 1.50. The number of rotatable bonds is 5. The van der Waals surface area contributed by atoms with Crippen LogP contribution >= 0.6 is 11.6 Å². The van der Waals surface area contributed by atoms with Gasteiger partial charge in [-0.15, -0.1) is 5.10 Å². The predicted molar refractivity (Wildman–Crippen MR) is 114 cm³/mol. The average Bonchev–Trinajstić information content (AvgIpc) is 3.33. The van der Waals surface area contributed by atoms with Crippen LogP contribution in [0.1, 0.15) is 50.6 Å². The van der Waals surface area contributed by atoms with E-state index >= 15 is 0 Å². The van der Waals surface area contributed by atoms with E-state index in [9.17, 15) is 19.8 Å².